The smallest absolute Gasteiger partial charge is 0.254 e. The SMILES string of the molecule is O=C(c1cccc(Br)c1)N1CCN(c2ccc(-c3ccccc3Cl)nn2)CC1. The molecule has 2 aromatic carbocycles. The van der Waals surface area contributed by atoms with Gasteiger partial charge in [0.1, 0.15) is 0 Å². The normalized spacial score (nSPS) is 14.2. The van der Waals surface area contributed by atoms with E-state index in [1.165, 1.54) is 0 Å². The van der Waals surface area contributed by atoms with Crippen molar-refractivity contribution in [2.24, 2.45) is 0 Å². The molecule has 1 aliphatic heterocycles. The molecule has 28 heavy (non-hydrogen) atoms. The zero-order valence-corrected chi connectivity index (χ0v) is 17.4. The summed E-state index contributed by atoms with van der Waals surface area (Å²) >= 11 is 9.65. The second-order valence-electron chi connectivity index (χ2n) is 6.55. The summed E-state index contributed by atoms with van der Waals surface area (Å²) in [6.45, 7) is 2.75. The van der Waals surface area contributed by atoms with Gasteiger partial charge in [-0.1, -0.05) is 51.8 Å². The molecular weight excluding hydrogens is 440 g/mol. The first-order chi connectivity index (χ1) is 13.6. The Balaban J connectivity index is 1.41. The standard InChI is InChI=1S/C21H18BrClN4O/c22-16-5-3-4-15(14-16)21(28)27-12-10-26(11-13-27)20-9-8-19(24-25-20)17-6-1-2-7-18(17)23/h1-9,14H,10-13H2. The molecule has 0 radical (unpaired) electrons. The van der Waals surface area contributed by atoms with Crippen molar-refractivity contribution in [2.45, 2.75) is 0 Å². The lowest BCUT2D eigenvalue weighted by Crippen LogP contribution is -2.49. The van der Waals surface area contributed by atoms with Gasteiger partial charge in [0, 0.05) is 41.8 Å². The van der Waals surface area contributed by atoms with E-state index in [2.05, 4.69) is 31.0 Å². The zero-order valence-electron chi connectivity index (χ0n) is 15.1. The molecule has 4 rings (SSSR count). The van der Waals surface area contributed by atoms with Crippen LogP contribution in [0.3, 0.4) is 0 Å². The Morgan fingerprint density at radius 2 is 1.71 bits per heavy atom. The average Bonchev–Trinajstić information content (AvgIpc) is 2.74. The Labute approximate surface area is 177 Å². The molecule has 0 bridgehead atoms. The number of nitrogens with zero attached hydrogens (tertiary/aromatic N) is 4. The molecule has 0 spiro atoms. The topological polar surface area (TPSA) is 49.3 Å². The lowest BCUT2D eigenvalue weighted by Gasteiger charge is -2.35. The summed E-state index contributed by atoms with van der Waals surface area (Å²) in [6.07, 6.45) is 0. The molecule has 142 valence electrons. The summed E-state index contributed by atoms with van der Waals surface area (Å²) in [7, 11) is 0. The van der Waals surface area contributed by atoms with Crippen molar-refractivity contribution in [3.8, 4) is 11.3 Å². The quantitative estimate of drug-likeness (QED) is 0.580. The van der Waals surface area contributed by atoms with E-state index < -0.39 is 0 Å². The summed E-state index contributed by atoms with van der Waals surface area (Å²) in [5.41, 5.74) is 2.32. The van der Waals surface area contributed by atoms with Crippen molar-refractivity contribution in [3.63, 3.8) is 0 Å². The van der Waals surface area contributed by atoms with Gasteiger partial charge in [-0.25, -0.2) is 0 Å². The third-order valence-corrected chi connectivity index (χ3v) is 5.59. The Morgan fingerprint density at radius 1 is 0.929 bits per heavy atom. The van der Waals surface area contributed by atoms with Gasteiger partial charge in [-0.15, -0.1) is 10.2 Å². The second-order valence-corrected chi connectivity index (χ2v) is 7.87. The lowest BCUT2D eigenvalue weighted by molar-refractivity contribution is 0.0746. The number of carbonyl (C=O) groups is 1. The van der Waals surface area contributed by atoms with Crippen LogP contribution in [0.25, 0.3) is 11.3 Å². The fourth-order valence-electron chi connectivity index (χ4n) is 3.25. The third kappa shape index (κ3) is 4.03. The van der Waals surface area contributed by atoms with Crippen molar-refractivity contribution in [3.05, 3.63) is 75.7 Å². The number of rotatable bonds is 3. The van der Waals surface area contributed by atoms with E-state index in [9.17, 15) is 4.79 Å². The molecule has 1 aromatic heterocycles. The Bertz CT molecular complexity index is 988. The fraction of sp³-hybridized carbons (Fsp3) is 0.190. The molecule has 3 aromatic rings. The van der Waals surface area contributed by atoms with E-state index in [0.29, 0.717) is 23.7 Å². The van der Waals surface area contributed by atoms with Crippen LogP contribution in [0, 0.1) is 0 Å². The highest BCUT2D eigenvalue weighted by molar-refractivity contribution is 9.10. The highest BCUT2D eigenvalue weighted by atomic mass is 79.9. The van der Waals surface area contributed by atoms with E-state index in [1.54, 1.807) is 0 Å². The number of aromatic nitrogens is 2. The van der Waals surface area contributed by atoms with Crippen LogP contribution >= 0.6 is 27.5 Å². The van der Waals surface area contributed by atoms with Crippen LogP contribution in [0.1, 0.15) is 10.4 Å². The molecule has 0 N–H and O–H groups in total. The van der Waals surface area contributed by atoms with Crippen molar-refractivity contribution < 1.29 is 4.79 Å². The number of halogens is 2. The number of amides is 1. The van der Waals surface area contributed by atoms with E-state index >= 15 is 0 Å². The van der Waals surface area contributed by atoms with Crippen molar-refractivity contribution >= 4 is 39.3 Å². The highest BCUT2D eigenvalue weighted by Crippen LogP contribution is 2.26. The van der Waals surface area contributed by atoms with Crippen LogP contribution in [-0.4, -0.2) is 47.2 Å². The number of hydrogen-bond donors (Lipinski definition) is 0. The van der Waals surface area contributed by atoms with E-state index in [4.69, 9.17) is 11.6 Å². The van der Waals surface area contributed by atoms with Gasteiger partial charge in [0.15, 0.2) is 5.82 Å². The Morgan fingerprint density at radius 3 is 2.39 bits per heavy atom. The van der Waals surface area contributed by atoms with E-state index in [-0.39, 0.29) is 5.91 Å². The van der Waals surface area contributed by atoms with Crippen molar-refractivity contribution in [1.29, 1.82) is 0 Å². The van der Waals surface area contributed by atoms with Gasteiger partial charge < -0.3 is 9.80 Å². The molecule has 0 unspecified atom stereocenters. The summed E-state index contributed by atoms with van der Waals surface area (Å²) in [4.78, 5) is 16.7. The maximum absolute atomic E-state index is 12.7. The predicted octanol–water partition coefficient (Wildman–Crippen LogP) is 4.52. The molecule has 1 aliphatic rings. The van der Waals surface area contributed by atoms with E-state index in [1.807, 2.05) is 65.6 Å². The van der Waals surface area contributed by atoms with Gasteiger partial charge in [0.05, 0.1) is 10.7 Å². The van der Waals surface area contributed by atoms with Crippen LogP contribution in [0.15, 0.2) is 65.1 Å². The fourth-order valence-corrected chi connectivity index (χ4v) is 3.88. The molecule has 5 nitrogen and oxygen atoms in total. The lowest BCUT2D eigenvalue weighted by atomic mass is 10.1. The molecule has 0 saturated carbocycles. The monoisotopic (exact) mass is 456 g/mol. The van der Waals surface area contributed by atoms with Gasteiger partial charge in [0.25, 0.3) is 5.91 Å². The molecule has 0 atom stereocenters. The largest absolute Gasteiger partial charge is 0.352 e. The first-order valence-electron chi connectivity index (χ1n) is 9.00. The average molecular weight is 458 g/mol. The molecule has 1 fully saturated rings. The summed E-state index contributed by atoms with van der Waals surface area (Å²) in [5.74, 6) is 0.867. The third-order valence-electron chi connectivity index (χ3n) is 4.76. The number of anilines is 1. The maximum Gasteiger partial charge on any atom is 0.254 e. The van der Waals surface area contributed by atoms with E-state index in [0.717, 1.165) is 34.6 Å². The minimum absolute atomic E-state index is 0.0566. The molecule has 7 heteroatoms. The molecular formula is C21H18BrClN4O. The van der Waals surface area contributed by atoms with Gasteiger partial charge in [-0.05, 0) is 36.4 Å². The van der Waals surface area contributed by atoms with Crippen LogP contribution in [-0.2, 0) is 0 Å². The highest BCUT2D eigenvalue weighted by Gasteiger charge is 2.23. The maximum atomic E-state index is 12.7. The predicted molar refractivity (Wildman–Crippen MR) is 115 cm³/mol. The van der Waals surface area contributed by atoms with Crippen molar-refractivity contribution in [1.82, 2.24) is 15.1 Å². The van der Waals surface area contributed by atoms with Gasteiger partial charge in [0.2, 0.25) is 0 Å². The van der Waals surface area contributed by atoms with Crippen LogP contribution in [0.2, 0.25) is 5.02 Å². The van der Waals surface area contributed by atoms with Gasteiger partial charge >= 0.3 is 0 Å². The summed E-state index contributed by atoms with van der Waals surface area (Å²) in [6, 6.07) is 19.0. The number of carbonyl (C=O) groups excluding carboxylic acids is 1. The zero-order chi connectivity index (χ0) is 19.5. The van der Waals surface area contributed by atoms with Crippen LogP contribution in [0.5, 0.6) is 0 Å². The van der Waals surface area contributed by atoms with Crippen molar-refractivity contribution in [2.75, 3.05) is 31.1 Å². The summed E-state index contributed by atoms with van der Waals surface area (Å²) in [5, 5.41) is 9.36. The Kier molecular flexibility index (Phi) is 5.59. The summed E-state index contributed by atoms with van der Waals surface area (Å²) < 4.78 is 0.908. The number of benzene rings is 2. The Hall–Kier alpha value is -2.44. The number of hydrogen-bond acceptors (Lipinski definition) is 4. The first-order valence-corrected chi connectivity index (χ1v) is 10.2. The van der Waals surface area contributed by atoms with Crippen LogP contribution < -0.4 is 4.90 Å². The minimum Gasteiger partial charge on any atom is -0.352 e. The molecule has 1 amide bonds. The molecule has 2 heterocycles. The van der Waals surface area contributed by atoms with Gasteiger partial charge in [-0.2, -0.15) is 0 Å². The van der Waals surface area contributed by atoms with Gasteiger partial charge in [-0.3, -0.25) is 4.79 Å². The minimum atomic E-state index is 0.0566. The molecule has 1 saturated heterocycles. The first kappa shape index (κ1) is 18.9. The second kappa shape index (κ2) is 8.29. The molecule has 0 aliphatic carbocycles. The van der Waals surface area contributed by atoms with Crippen LogP contribution in [0.4, 0.5) is 5.82 Å². The number of piperazine rings is 1.